The SMILES string of the molecule is CC(C)[C@H](NC(=O)C(=O)Nc1cccc2cc3ccccc3cc12)C(=O)N[C@@H](CC(=O)O)C(=O)COc1c(F)c(F)cc(F)c1F. The third-order valence-electron chi connectivity index (χ3n) is 6.95. The number of carboxylic acid groups (broad SMARTS) is 1. The normalized spacial score (nSPS) is 12.4. The Hall–Kier alpha value is -5.53. The standard InChI is InChI=1S/C32H27F4N3O7/c1-15(2)28(30(43)38-23(13-25(41)42)24(40)14-46-29-26(35)20(33)12-21(34)27(29)36)39-32(45)31(44)37-22-9-5-8-18-10-16-6-3-4-7-17(16)11-19(18)22/h3-12,15,23,28H,13-14H2,1-2H3,(H,37,44)(H,38,43)(H,39,45)(H,41,42)/t23-,28-/m0/s1. The first-order valence-electron chi connectivity index (χ1n) is 13.8. The number of fused-ring (bicyclic) bond motifs is 2. The van der Waals surface area contributed by atoms with Crippen molar-refractivity contribution in [2.45, 2.75) is 32.4 Å². The van der Waals surface area contributed by atoms with Crippen LogP contribution in [0.25, 0.3) is 21.5 Å². The fourth-order valence-corrected chi connectivity index (χ4v) is 4.60. The molecule has 0 bridgehead atoms. The van der Waals surface area contributed by atoms with Crippen LogP contribution < -0.4 is 20.7 Å². The molecule has 4 aromatic carbocycles. The Morgan fingerprint density at radius 3 is 2.00 bits per heavy atom. The monoisotopic (exact) mass is 641 g/mol. The van der Waals surface area contributed by atoms with Crippen LogP contribution in [-0.4, -0.2) is 53.3 Å². The van der Waals surface area contributed by atoms with E-state index in [1.165, 1.54) is 13.8 Å². The Kier molecular flexibility index (Phi) is 10.2. The summed E-state index contributed by atoms with van der Waals surface area (Å²) in [6.07, 6.45) is -1.02. The summed E-state index contributed by atoms with van der Waals surface area (Å²) in [5, 5.41) is 19.5. The van der Waals surface area contributed by atoms with Crippen molar-refractivity contribution >= 4 is 56.7 Å². The molecule has 0 spiro atoms. The Labute approximate surface area is 258 Å². The van der Waals surface area contributed by atoms with Crippen LogP contribution >= 0.6 is 0 Å². The second-order valence-corrected chi connectivity index (χ2v) is 10.6. The van der Waals surface area contributed by atoms with Gasteiger partial charge in [-0.1, -0.05) is 50.2 Å². The first kappa shape index (κ1) is 33.4. The second-order valence-electron chi connectivity index (χ2n) is 10.6. The highest BCUT2D eigenvalue weighted by molar-refractivity contribution is 6.40. The zero-order valence-corrected chi connectivity index (χ0v) is 24.3. The van der Waals surface area contributed by atoms with E-state index in [2.05, 4.69) is 20.7 Å². The number of benzene rings is 4. The Bertz CT molecular complexity index is 1840. The zero-order valence-electron chi connectivity index (χ0n) is 24.3. The Morgan fingerprint density at radius 2 is 1.39 bits per heavy atom. The first-order valence-corrected chi connectivity index (χ1v) is 13.8. The van der Waals surface area contributed by atoms with Gasteiger partial charge in [-0.05, 0) is 40.3 Å². The van der Waals surface area contributed by atoms with Gasteiger partial charge in [0.15, 0.2) is 23.2 Å². The number of hydrogen-bond donors (Lipinski definition) is 4. The van der Waals surface area contributed by atoms with Crippen LogP contribution in [0.2, 0.25) is 0 Å². The van der Waals surface area contributed by atoms with Crippen molar-refractivity contribution < 1.29 is 51.4 Å². The Balaban J connectivity index is 1.46. The molecule has 0 heterocycles. The number of ether oxygens (including phenoxy) is 1. The lowest BCUT2D eigenvalue weighted by molar-refractivity contribution is -0.141. The van der Waals surface area contributed by atoms with Crippen LogP contribution in [-0.2, 0) is 24.0 Å². The number of halogens is 4. The van der Waals surface area contributed by atoms with E-state index < -0.39 is 89.5 Å². The van der Waals surface area contributed by atoms with Gasteiger partial charge in [-0.25, -0.2) is 8.78 Å². The summed E-state index contributed by atoms with van der Waals surface area (Å²) >= 11 is 0. The summed E-state index contributed by atoms with van der Waals surface area (Å²) in [7, 11) is 0. The molecule has 4 aromatic rings. The van der Waals surface area contributed by atoms with Crippen molar-refractivity contribution in [3.63, 3.8) is 0 Å². The molecule has 14 heteroatoms. The van der Waals surface area contributed by atoms with Gasteiger partial charge in [-0.3, -0.25) is 24.0 Å². The smallest absolute Gasteiger partial charge is 0.313 e. The fraction of sp³-hybridized carbons (Fsp3) is 0.219. The largest absolute Gasteiger partial charge is 0.481 e. The van der Waals surface area contributed by atoms with E-state index in [1.807, 2.05) is 42.5 Å². The van der Waals surface area contributed by atoms with Gasteiger partial charge in [-0.2, -0.15) is 8.78 Å². The summed E-state index contributed by atoms with van der Waals surface area (Å²) in [6, 6.07) is 13.1. The fourth-order valence-electron chi connectivity index (χ4n) is 4.60. The van der Waals surface area contributed by atoms with Crippen molar-refractivity contribution in [1.82, 2.24) is 10.6 Å². The minimum Gasteiger partial charge on any atom is -0.481 e. The molecule has 3 amide bonds. The van der Waals surface area contributed by atoms with Gasteiger partial charge in [0.1, 0.15) is 18.7 Å². The van der Waals surface area contributed by atoms with Gasteiger partial charge in [0.05, 0.1) is 6.42 Å². The summed E-state index contributed by atoms with van der Waals surface area (Å²) < 4.78 is 59.4. The molecule has 240 valence electrons. The molecule has 4 N–H and O–H groups in total. The highest BCUT2D eigenvalue weighted by atomic mass is 19.2. The quantitative estimate of drug-likeness (QED) is 0.0828. The molecule has 0 radical (unpaired) electrons. The highest BCUT2D eigenvalue weighted by Gasteiger charge is 2.32. The van der Waals surface area contributed by atoms with Crippen LogP contribution in [0.15, 0.2) is 60.7 Å². The summed E-state index contributed by atoms with van der Waals surface area (Å²) in [4.78, 5) is 63.0. The van der Waals surface area contributed by atoms with Gasteiger partial charge in [0, 0.05) is 17.1 Å². The molecule has 0 unspecified atom stereocenters. The predicted octanol–water partition coefficient (Wildman–Crippen LogP) is 4.24. The molecule has 46 heavy (non-hydrogen) atoms. The van der Waals surface area contributed by atoms with Crippen molar-refractivity contribution in [1.29, 1.82) is 0 Å². The number of Topliss-reactive ketones (excluding diaryl/α,β-unsaturated/α-hetero) is 1. The maximum atomic E-state index is 13.9. The molecule has 2 atom stereocenters. The number of rotatable bonds is 11. The summed E-state index contributed by atoms with van der Waals surface area (Å²) in [6.45, 7) is 1.72. The lowest BCUT2D eigenvalue weighted by Crippen LogP contribution is -2.56. The molecule has 0 saturated carbocycles. The van der Waals surface area contributed by atoms with E-state index in [9.17, 15) is 46.6 Å². The van der Waals surface area contributed by atoms with Gasteiger partial charge in [0.2, 0.25) is 17.5 Å². The number of nitrogens with one attached hydrogen (secondary N) is 3. The molecule has 0 aliphatic heterocycles. The van der Waals surface area contributed by atoms with Crippen LogP contribution in [0.5, 0.6) is 5.75 Å². The van der Waals surface area contributed by atoms with Crippen LogP contribution in [0, 0.1) is 29.2 Å². The minimum absolute atomic E-state index is 0.0722. The zero-order chi connectivity index (χ0) is 33.7. The lowest BCUT2D eigenvalue weighted by atomic mass is 10.0. The lowest BCUT2D eigenvalue weighted by Gasteiger charge is -2.24. The average Bonchev–Trinajstić information content (AvgIpc) is 3.00. The predicted molar refractivity (Wildman–Crippen MR) is 158 cm³/mol. The minimum atomic E-state index is -1.93. The van der Waals surface area contributed by atoms with E-state index in [0.29, 0.717) is 11.1 Å². The maximum absolute atomic E-state index is 13.9. The summed E-state index contributed by atoms with van der Waals surface area (Å²) in [5.41, 5.74) is 0.326. The number of anilines is 1. The number of aliphatic carboxylic acids is 1. The molecule has 0 aromatic heterocycles. The second kappa shape index (κ2) is 14.1. The first-order chi connectivity index (χ1) is 21.8. The van der Waals surface area contributed by atoms with Crippen molar-refractivity contribution in [3.8, 4) is 5.75 Å². The molecular formula is C32H27F4N3O7. The van der Waals surface area contributed by atoms with E-state index in [-0.39, 0.29) is 6.07 Å². The third-order valence-corrected chi connectivity index (χ3v) is 6.95. The average molecular weight is 642 g/mol. The molecule has 0 aliphatic carbocycles. The number of carbonyl (C=O) groups excluding carboxylic acids is 4. The topological polar surface area (TPSA) is 151 Å². The van der Waals surface area contributed by atoms with Crippen molar-refractivity contribution in [2.75, 3.05) is 11.9 Å². The number of hydrogen-bond acceptors (Lipinski definition) is 6. The highest BCUT2D eigenvalue weighted by Crippen LogP contribution is 2.29. The third kappa shape index (κ3) is 7.57. The number of amides is 3. The molecule has 0 fully saturated rings. The van der Waals surface area contributed by atoms with Gasteiger partial charge < -0.3 is 25.8 Å². The van der Waals surface area contributed by atoms with Crippen LogP contribution in [0.1, 0.15) is 20.3 Å². The van der Waals surface area contributed by atoms with Crippen molar-refractivity contribution in [2.24, 2.45) is 5.92 Å². The molecule has 0 saturated heterocycles. The Morgan fingerprint density at radius 1 is 0.783 bits per heavy atom. The van der Waals surface area contributed by atoms with Gasteiger partial charge in [0.25, 0.3) is 0 Å². The van der Waals surface area contributed by atoms with E-state index >= 15 is 0 Å². The van der Waals surface area contributed by atoms with E-state index in [0.717, 1.165) is 16.2 Å². The van der Waals surface area contributed by atoms with E-state index in [4.69, 9.17) is 0 Å². The van der Waals surface area contributed by atoms with E-state index in [1.54, 1.807) is 12.1 Å². The van der Waals surface area contributed by atoms with Gasteiger partial charge in [-0.15, -0.1) is 0 Å². The molecule has 4 rings (SSSR count). The van der Waals surface area contributed by atoms with Crippen LogP contribution in [0.4, 0.5) is 23.2 Å². The summed E-state index contributed by atoms with van der Waals surface area (Å²) in [5.74, 6) is -15.9. The number of carboxylic acids is 1. The van der Waals surface area contributed by atoms with Crippen molar-refractivity contribution in [3.05, 3.63) is 83.9 Å². The molecule has 0 aliphatic rings. The molecule has 10 nitrogen and oxygen atoms in total. The number of ketones is 1. The number of carbonyl (C=O) groups is 5. The molecular weight excluding hydrogens is 614 g/mol. The van der Waals surface area contributed by atoms with Gasteiger partial charge >= 0.3 is 17.8 Å². The van der Waals surface area contributed by atoms with Crippen LogP contribution in [0.3, 0.4) is 0 Å². The maximum Gasteiger partial charge on any atom is 0.313 e.